The first-order valence-electron chi connectivity index (χ1n) is 6.39. The fourth-order valence-corrected chi connectivity index (χ4v) is 1.74. The number of rotatable bonds is 6. The van der Waals surface area contributed by atoms with Crippen LogP contribution in [0.25, 0.3) is 0 Å². The number of benzene rings is 1. The van der Waals surface area contributed by atoms with Crippen LogP contribution in [0.15, 0.2) is 42.0 Å². The monoisotopic (exact) mass is 232 g/mol. The van der Waals surface area contributed by atoms with Gasteiger partial charge in [0, 0.05) is 0 Å². The Morgan fingerprint density at radius 2 is 1.88 bits per heavy atom. The number of aliphatic hydroxyl groups is 1. The van der Waals surface area contributed by atoms with Gasteiger partial charge in [-0.15, -0.1) is 0 Å². The molecule has 1 nitrogen and oxygen atoms in total. The second kappa shape index (κ2) is 6.61. The van der Waals surface area contributed by atoms with Crippen LogP contribution in [0.2, 0.25) is 0 Å². The zero-order valence-corrected chi connectivity index (χ0v) is 11.2. The molecule has 1 rings (SSSR count). The van der Waals surface area contributed by atoms with Crippen LogP contribution in [0.1, 0.15) is 45.6 Å². The molecule has 1 N–H and O–H groups in total. The molecule has 0 radical (unpaired) electrons. The van der Waals surface area contributed by atoms with E-state index >= 15 is 0 Å². The van der Waals surface area contributed by atoms with Crippen LogP contribution in [-0.4, -0.2) is 10.7 Å². The van der Waals surface area contributed by atoms with Crippen molar-refractivity contribution in [2.75, 3.05) is 0 Å². The van der Waals surface area contributed by atoms with Crippen molar-refractivity contribution in [2.45, 2.75) is 52.1 Å². The maximum atomic E-state index is 9.64. The number of allylic oxidation sites excluding steroid dienone is 2. The summed E-state index contributed by atoms with van der Waals surface area (Å²) in [5.74, 6) is 0. The van der Waals surface area contributed by atoms with Gasteiger partial charge in [0.15, 0.2) is 0 Å². The average Bonchev–Trinajstić information content (AvgIpc) is 2.27. The lowest BCUT2D eigenvalue weighted by molar-refractivity contribution is 0.0714. The first-order chi connectivity index (χ1) is 7.97. The predicted octanol–water partition coefficient (Wildman–Crippen LogP) is 4.12. The Hall–Kier alpha value is -1.08. The van der Waals surface area contributed by atoms with E-state index in [4.69, 9.17) is 0 Å². The van der Waals surface area contributed by atoms with Crippen molar-refractivity contribution in [2.24, 2.45) is 0 Å². The first-order valence-corrected chi connectivity index (χ1v) is 6.39. The van der Waals surface area contributed by atoms with Gasteiger partial charge in [-0.1, -0.05) is 42.0 Å². The molecule has 1 aromatic rings. The van der Waals surface area contributed by atoms with Crippen molar-refractivity contribution in [3.63, 3.8) is 0 Å². The van der Waals surface area contributed by atoms with Gasteiger partial charge in [0.2, 0.25) is 0 Å². The molecule has 0 spiro atoms. The van der Waals surface area contributed by atoms with Crippen molar-refractivity contribution >= 4 is 0 Å². The summed E-state index contributed by atoms with van der Waals surface area (Å²) in [6, 6.07) is 10.5. The van der Waals surface area contributed by atoms with Crippen LogP contribution in [0, 0.1) is 0 Å². The third kappa shape index (κ3) is 6.96. The van der Waals surface area contributed by atoms with Crippen LogP contribution in [0.5, 0.6) is 0 Å². The van der Waals surface area contributed by atoms with Gasteiger partial charge >= 0.3 is 0 Å². The Balaban J connectivity index is 2.29. The Labute approximate surface area is 105 Å². The van der Waals surface area contributed by atoms with E-state index in [1.807, 2.05) is 19.9 Å². The molecular weight excluding hydrogens is 208 g/mol. The van der Waals surface area contributed by atoms with E-state index in [2.05, 4.69) is 37.3 Å². The van der Waals surface area contributed by atoms with Gasteiger partial charge in [0.25, 0.3) is 0 Å². The van der Waals surface area contributed by atoms with Crippen LogP contribution >= 0.6 is 0 Å². The highest BCUT2D eigenvalue weighted by molar-refractivity contribution is 5.15. The molecule has 0 fully saturated rings. The first kappa shape index (κ1) is 14.0. The highest BCUT2D eigenvalue weighted by Gasteiger charge is 2.11. The molecule has 0 amide bonds. The molecule has 0 unspecified atom stereocenters. The zero-order chi connectivity index (χ0) is 12.7. The van der Waals surface area contributed by atoms with E-state index in [0.29, 0.717) is 0 Å². The van der Waals surface area contributed by atoms with Gasteiger partial charge < -0.3 is 5.11 Å². The summed E-state index contributed by atoms with van der Waals surface area (Å²) in [6.07, 6.45) is 6.29. The summed E-state index contributed by atoms with van der Waals surface area (Å²) in [5.41, 5.74) is 2.22. The molecule has 1 heteroatoms. The number of aryl methyl sites for hydroxylation is 1. The van der Waals surface area contributed by atoms with E-state index in [1.54, 1.807) is 0 Å². The van der Waals surface area contributed by atoms with Crippen molar-refractivity contribution in [3.05, 3.63) is 47.5 Å². The average molecular weight is 232 g/mol. The van der Waals surface area contributed by atoms with E-state index in [-0.39, 0.29) is 0 Å². The Kier molecular flexibility index (Phi) is 5.43. The Bertz CT molecular complexity index is 344. The summed E-state index contributed by atoms with van der Waals surface area (Å²) < 4.78 is 0. The van der Waals surface area contributed by atoms with Crippen LogP contribution in [-0.2, 0) is 6.42 Å². The number of hydrogen-bond acceptors (Lipinski definition) is 1. The minimum absolute atomic E-state index is 0.547. The zero-order valence-electron chi connectivity index (χ0n) is 11.2. The normalized spacial score (nSPS) is 12.8. The third-order valence-electron chi connectivity index (χ3n) is 2.90. The van der Waals surface area contributed by atoms with Gasteiger partial charge in [-0.2, -0.15) is 0 Å². The molecule has 0 aliphatic rings. The van der Waals surface area contributed by atoms with Crippen molar-refractivity contribution < 1.29 is 5.11 Å². The topological polar surface area (TPSA) is 20.2 Å². The Morgan fingerprint density at radius 3 is 2.47 bits per heavy atom. The third-order valence-corrected chi connectivity index (χ3v) is 2.90. The standard InChI is InChI=1S/C16H24O/c1-14(12-13-16(2,3)17)8-7-11-15-9-5-4-6-10-15/h4-6,8-10,17H,7,11-13H2,1-3H3/b14-8-. The van der Waals surface area contributed by atoms with Gasteiger partial charge in [0.05, 0.1) is 5.60 Å². The van der Waals surface area contributed by atoms with Crippen molar-refractivity contribution in [1.29, 1.82) is 0 Å². The molecule has 0 saturated carbocycles. The highest BCUT2D eigenvalue weighted by atomic mass is 16.3. The lowest BCUT2D eigenvalue weighted by atomic mass is 9.98. The van der Waals surface area contributed by atoms with E-state index < -0.39 is 5.60 Å². The summed E-state index contributed by atoms with van der Waals surface area (Å²) in [6.45, 7) is 5.88. The summed E-state index contributed by atoms with van der Waals surface area (Å²) in [4.78, 5) is 0. The predicted molar refractivity (Wildman–Crippen MR) is 74.1 cm³/mol. The number of hydrogen-bond donors (Lipinski definition) is 1. The SMILES string of the molecule is C/C(=C/CCc1ccccc1)CCC(C)(C)O. The molecule has 0 bridgehead atoms. The van der Waals surface area contributed by atoms with Gasteiger partial charge in [-0.3, -0.25) is 0 Å². The molecule has 0 aliphatic heterocycles. The van der Waals surface area contributed by atoms with Crippen LogP contribution in [0.4, 0.5) is 0 Å². The second-order valence-corrected chi connectivity index (χ2v) is 5.39. The molecular formula is C16H24O. The van der Waals surface area contributed by atoms with Gasteiger partial charge in [0.1, 0.15) is 0 Å². The quantitative estimate of drug-likeness (QED) is 0.732. The molecule has 0 heterocycles. The van der Waals surface area contributed by atoms with E-state index in [1.165, 1.54) is 11.1 Å². The summed E-state index contributed by atoms with van der Waals surface area (Å²) >= 11 is 0. The molecule has 0 atom stereocenters. The molecule has 0 aliphatic carbocycles. The summed E-state index contributed by atoms with van der Waals surface area (Å²) in [5, 5.41) is 9.64. The maximum Gasteiger partial charge on any atom is 0.0594 e. The lowest BCUT2D eigenvalue weighted by Gasteiger charge is -2.16. The fraction of sp³-hybridized carbons (Fsp3) is 0.500. The minimum Gasteiger partial charge on any atom is -0.390 e. The van der Waals surface area contributed by atoms with Gasteiger partial charge in [-0.05, 0) is 52.0 Å². The smallest absolute Gasteiger partial charge is 0.0594 e. The largest absolute Gasteiger partial charge is 0.390 e. The molecule has 17 heavy (non-hydrogen) atoms. The van der Waals surface area contributed by atoms with Gasteiger partial charge in [-0.25, -0.2) is 0 Å². The molecule has 0 aromatic heterocycles. The summed E-state index contributed by atoms with van der Waals surface area (Å²) in [7, 11) is 0. The second-order valence-electron chi connectivity index (χ2n) is 5.39. The fourth-order valence-electron chi connectivity index (χ4n) is 1.74. The van der Waals surface area contributed by atoms with Crippen LogP contribution in [0.3, 0.4) is 0 Å². The molecule has 0 saturated heterocycles. The minimum atomic E-state index is -0.547. The lowest BCUT2D eigenvalue weighted by Crippen LogP contribution is -2.17. The van der Waals surface area contributed by atoms with Crippen molar-refractivity contribution in [1.82, 2.24) is 0 Å². The highest BCUT2D eigenvalue weighted by Crippen LogP contribution is 2.15. The molecule has 94 valence electrons. The van der Waals surface area contributed by atoms with E-state index in [0.717, 1.165) is 25.7 Å². The Morgan fingerprint density at radius 1 is 1.24 bits per heavy atom. The maximum absolute atomic E-state index is 9.64. The molecule has 1 aromatic carbocycles. The van der Waals surface area contributed by atoms with Crippen LogP contribution < -0.4 is 0 Å². The van der Waals surface area contributed by atoms with Crippen molar-refractivity contribution in [3.8, 4) is 0 Å². The van der Waals surface area contributed by atoms with E-state index in [9.17, 15) is 5.11 Å².